The van der Waals surface area contributed by atoms with Crippen molar-refractivity contribution in [2.75, 3.05) is 27.7 Å². The number of hydrogen-bond acceptors (Lipinski definition) is 4. The molecule has 0 N–H and O–H groups in total. The fraction of sp³-hybridized carbons (Fsp3) is 0.286. The van der Waals surface area contributed by atoms with Gasteiger partial charge in [0.1, 0.15) is 5.75 Å². The lowest BCUT2D eigenvalue weighted by atomic mass is 10.1. The van der Waals surface area contributed by atoms with Crippen molar-refractivity contribution in [3.8, 4) is 5.75 Å². The number of nitrogens with zero attached hydrogens (tertiary/aromatic N) is 2. The second-order valence-electron chi connectivity index (χ2n) is 6.58. The van der Waals surface area contributed by atoms with Crippen molar-refractivity contribution >= 4 is 22.0 Å². The number of likely N-dealkylation sites (N-methyl/N-ethyl adjacent to an activating group) is 2. The average Bonchev–Trinajstić information content (AvgIpc) is 2.67. The molecule has 2 rings (SSSR count). The number of hydrogen-bond donors (Lipinski definition) is 0. The summed E-state index contributed by atoms with van der Waals surface area (Å²) in [6, 6.07) is 14.9. The summed E-state index contributed by atoms with van der Waals surface area (Å²) in [5.41, 5.74) is 2.70. The molecule has 6 nitrogen and oxygen atoms in total. The SMILES string of the molecule is COc1ccc(C)cc1CN(C)C(=O)CN(C)S(=O)(=O)/C=C/c1ccccc1. The number of amides is 1. The molecule has 0 saturated heterocycles. The van der Waals surface area contributed by atoms with Crippen molar-refractivity contribution in [3.05, 3.63) is 70.6 Å². The van der Waals surface area contributed by atoms with Crippen LogP contribution in [0.5, 0.6) is 5.75 Å². The van der Waals surface area contributed by atoms with Crippen LogP contribution in [0.4, 0.5) is 0 Å². The Morgan fingerprint density at radius 1 is 1.11 bits per heavy atom. The zero-order valence-corrected chi connectivity index (χ0v) is 17.4. The van der Waals surface area contributed by atoms with E-state index in [1.807, 2.05) is 43.3 Å². The van der Waals surface area contributed by atoms with Gasteiger partial charge in [-0.25, -0.2) is 8.42 Å². The minimum Gasteiger partial charge on any atom is -0.496 e. The van der Waals surface area contributed by atoms with E-state index in [0.717, 1.165) is 26.4 Å². The van der Waals surface area contributed by atoms with E-state index in [-0.39, 0.29) is 12.5 Å². The van der Waals surface area contributed by atoms with Gasteiger partial charge < -0.3 is 9.64 Å². The molecule has 2 aromatic rings. The van der Waals surface area contributed by atoms with Crippen molar-refractivity contribution in [3.63, 3.8) is 0 Å². The van der Waals surface area contributed by atoms with Gasteiger partial charge in [0, 0.05) is 31.6 Å². The maximum absolute atomic E-state index is 12.5. The molecule has 28 heavy (non-hydrogen) atoms. The maximum Gasteiger partial charge on any atom is 0.237 e. The van der Waals surface area contributed by atoms with Gasteiger partial charge in [-0.2, -0.15) is 4.31 Å². The first-order valence-corrected chi connectivity index (χ1v) is 10.3. The van der Waals surface area contributed by atoms with Gasteiger partial charge in [-0.3, -0.25) is 4.79 Å². The first-order valence-electron chi connectivity index (χ1n) is 8.80. The zero-order valence-electron chi connectivity index (χ0n) is 16.6. The quantitative estimate of drug-likeness (QED) is 0.681. The van der Waals surface area contributed by atoms with Crippen LogP contribution < -0.4 is 4.74 Å². The molecule has 1 amide bonds. The van der Waals surface area contributed by atoms with Gasteiger partial charge in [-0.15, -0.1) is 0 Å². The molecule has 7 heteroatoms. The monoisotopic (exact) mass is 402 g/mol. The molecule has 0 atom stereocenters. The summed E-state index contributed by atoms with van der Waals surface area (Å²) < 4.78 is 31.2. The van der Waals surface area contributed by atoms with Crippen molar-refractivity contribution < 1.29 is 17.9 Å². The molecule has 0 aliphatic carbocycles. The number of carbonyl (C=O) groups is 1. The highest BCUT2D eigenvalue weighted by molar-refractivity contribution is 7.92. The second kappa shape index (κ2) is 9.52. The predicted molar refractivity (Wildman–Crippen MR) is 111 cm³/mol. The summed E-state index contributed by atoms with van der Waals surface area (Å²) in [6.45, 7) is 2.05. The molecule has 0 aliphatic rings. The van der Waals surface area contributed by atoms with Gasteiger partial charge in [-0.1, -0.05) is 48.0 Å². The lowest BCUT2D eigenvalue weighted by molar-refractivity contribution is -0.130. The van der Waals surface area contributed by atoms with Gasteiger partial charge in [0.2, 0.25) is 15.9 Å². The molecule has 0 unspecified atom stereocenters. The number of methoxy groups -OCH3 is 1. The van der Waals surface area contributed by atoms with E-state index in [4.69, 9.17) is 4.74 Å². The number of sulfonamides is 1. The van der Waals surface area contributed by atoms with Crippen molar-refractivity contribution in [1.29, 1.82) is 0 Å². The highest BCUT2D eigenvalue weighted by Crippen LogP contribution is 2.21. The Bertz CT molecular complexity index is 940. The predicted octanol–water partition coefficient (Wildman–Crippen LogP) is 2.89. The minimum absolute atomic E-state index is 0.244. The van der Waals surface area contributed by atoms with Crippen molar-refractivity contribution in [2.24, 2.45) is 0 Å². The first kappa shape index (κ1) is 21.7. The van der Waals surface area contributed by atoms with E-state index in [1.165, 1.54) is 18.0 Å². The maximum atomic E-state index is 12.5. The molecule has 0 spiro atoms. The lowest BCUT2D eigenvalue weighted by Gasteiger charge is -2.22. The summed E-state index contributed by atoms with van der Waals surface area (Å²) >= 11 is 0. The lowest BCUT2D eigenvalue weighted by Crippen LogP contribution is -2.38. The number of ether oxygens (including phenoxy) is 1. The third kappa shape index (κ3) is 5.94. The Morgan fingerprint density at radius 2 is 1.79 bits per heavy atom. The summed E-state index contributed by atoms with van der Waals surface area (Å²) in [7, 11) is 0.916. The van der Waals surface area contributed by atoms with Crippen LogP contribution >= 0.6 is 0 Å². The summed E-state index contributed by atoms with van der Waals surface area (Å²) in [5.74, 6) is 0.389. The molecular weight excluding hydrogens is 376 g/mol. The molecule has 150 valence electrons. The van der Waals surface area contributed by atoms with Gasteiger partial charge in [0.25, 0.3) is 0 Å². The van der Waals surface area contributed by atoms with E-state index in [2.05, 4.69) is 0 Å². The highest BCUT2D eigenvalue weighted by Gasteiger charge is 2.20. The average molecular weight is 403 g/mol. The Morgan fingerprint density at radius 3 is 2.43 bits per heavy atom. The fourth-order valence-electron chi connectivity index (χ4n) is 2.61. The Hall–Kier alpha value is -2.64. The van der Waals surface area contributed by atoms with E-state index in [9.17, 15) is 13.2 Å². The van der Waals surface area contributed by atoms with Crippen molar-refractivity contribution in [1.82, 2.24) is 9.21 Å². The summed E-state index contributed by atoms with van der Waals surface area (Å²) in [6.07, 6.45) is 1.51. The van der Waals surface area contributed by atoms with Crippen molar-refractivity contribution in [2.45, 2.75) is 13.5 Å². The normalized spacial score (nSPS) is 11.8. The number of aryl methyl sites for hydroxylation is 1. The largest absolute Gasteiger partial charge is 0.496 e. The molecule has 0 radical (unpaired) electrons. The van der Waals surface area contributed by atoms with E-state index in [0.29, 0.717) is 12.3 Å². The molecule has 0 heterocycles. The minimum atomic E-state index is -3.70. The van der Waals surface area contributed by atoms with Crippen LogP contribution in [-0.4, -0.2) is 51.3 Å². The molecule has 0 fully saturated rings. The third-order valence-electron chi connectivity index (χ3n) is 4.29. The van der Waals surface area contributed by atoms with E-state index >= 15 is 0 Å². The topological polar surface area (TPSA) is 66.9 Å². The van der Waals surface area contributed by atoms with Crippen LogP contribution in [0.15, 0.2) is 53.9 Å². The highest BCUT2D eigenvalue weighted by atomic mass is 32.2. The van der Waals surface area contributed by atoms with E-state index in [1.54, 1.807) is 26.3 Å². The smallest absolute Gasteiger partial charge is 0.237 e. The molecule has 0 saturated carbocycles. The Labute approximate surface area is 167 Å². The van der Waals surface area contributed by atoms with Crippen LogP contribution in [0.2, 0.25) is 0 Å². The molecular formula is C21H26N2O4S. The van der Waals surface area contributed by atoms with Gasteiger partial charge >= 0.3 is 0 Å². The Kier molecular flexibility index (Phi) is 7.37. The second-order valence-corrected chi connectivity index (χ2v) is 8.50. The van der Waals surface area contributed by atoms with Crippen LogP contribution in [0.3, 0.4) is 0 Å². The zero-order chi connectivity index (χ0) is 20.7. The third-order valence-corrected chi connectivity index (χ3v) is 5.77. The van der Waals surface area contributed by atoms with Crippen LogP contribution in [0.25, 0.3) is 6.08 Å². The molecule has 0 aliphatic heterocycles. The van der Waals surface area contributed by atoms with Crippen LogP contribution in [0.1, 0.15) is 16.7 Å². The molecule has 0 bridgehead atoms. The summed E-state index contributed by atoms with van der Waals surface area (Å²) in [5, 5.41) is 1.11. The standard InChI is InChI=1S/C21H26N2O4S/c1-17-10-11-20(27-4)19(14-17)15-22(2)21(24)16-23(3)28(25,26)13-12-18-8-6-5-7-9-18/h5-14H,15-16H2,1-4H3/b13-12+. The number of benzene rings is 2. The van der Waals surface area contributed by atoms with E-state index < -0.39 is 10.0 Å². The number of carbonyl (C=O) groups excluding carboxylic acids is 1. The van der Waals surface area contributed by atoms with Gasteiger partial charge in [-0.05, 0) is 24.6 Å². The first-order chi connectivity index (χ1) is 13.2. The van der Waals surface area contributed by atoms with Crippen LogP contribution in [-0.2, 0) is 21.4 Å². The molecule has 2 aromatic carbocycles. The van der Waals surface area contributed by atoms with Gasteiger partial charge in [0.15, 0.2) is 0 Å². The summed E-state index contributed by atoms with van der Waals surface area (Å²) in [4.78, 5) is 14.0. The number of rotatable bonds is 8. The van der Waals surface area contributed by atoms with Crippen LogP contribution in [0, 0.1) is 6.92 Å². The van der Waals surface area contributed by atoms with Gasteiger partial charge in [0.05, 0.1) is 13.7 Å². The Balaban J connectivity index is 2.02. The molecule has 0 aromatic heterocycles. The fourth-order valence-corrected chi connectivity index (χ4v) is 3.44.